The average Bonchev–Trinajstić information content (AvgIpc) is 2.34. The number of rotatable bonds is 3. The minimum Gasteiger partial charge on any atom is -0.496 e. The number of nitrogens with one attached hydrogen (secondary N) is 1. The molecule has 1 aromatic rings. The summed E-state index contributed by atoms with van der Waals surface area (Å²) in [6, 6.07) is 4.90. The Morgan fingerprint density at radius 2 is 2.12 bits per heavy atom. The van der Waals surface area contributed by atoms with Crippen molar-refractivity contribution in [2.45, 2.75) is 5.60 Å². The number of methoxy groups -OCH3 is 2. The topological polar surface area (TPSA) is 67.8 Å². The summed E-state index contributed by atoms with van der Waals surface area (Å²) in [5, 5.41) is 13.3. The molecule has 17 heavy (non-hydrogen) atoms. The number of aliphatic hydroxyl groups is 1. The van der Waals surface area contributed by atoms with Gasteiger partial charge in [-0.05, 0) is 18.2 Å². The largest absolute Gasteiger partial charge is 0.496 e. The van der Waals surface area contributed by atoms with Crippen LogP contribution in [0.15, 0.2) is 18.2 Å². The lowest BCUT2D eigenvalue weighted by atomic mass is 9.86. The van der Waals surface area contributed by atoms with Crippen LogP contribution in [0.5, 0.6) is 5.75 Å². The minimum atomic E-state index is -0.963. The van der Waals surface area contributed by atoms with Crippen molar-refractivity contribution in [2.75, 3.05) is 27.3 Å². The van der Waals surface area contributed by atoms with Crippen molar-refractivity contribution in [1.29, 1.82) is 0 Å². The summed E-state index contributed by atoms with van der Waals surface area (Å²) in [5.74, 6) is 0.145. The molecule has 0 amide bonds. The maximum Gasteiger partial charge on any atom is 0.337 e. The van der Waals surface area contributed by atoms with Gasteiger partial charge in [0.25, 0.3) is 0 Å². The maximum absolute atomic E-state index is 11.4. The molecule has 1 aliphatic rings. The molecule has 92 valence electrons. The zero-order valence-electron chi connectivity index (χ0n) is 9.82. The van der Waals surface area contributed by atoms with E-state index < -0.39 is 11.6 Å². The van der Waals surface area contributed by atoms with Crippen LogP contribution in [0.2, 0.25) is 0 Å². The van der Waals surface area contributed by atoms with Crippen molar-refractivity contribution in [1.82, 2.24) is 5.32 Å². The first-order valence-electron chi connectivity index (χ1n) is 5.30. The number of esters is 1. The van der Waals surface area contributed by atoms with Crippen molar-refractivity contribution in [2.24, 2.45) is 0 Å². The lowest BCUT2D eigenvalue weighted by molar-refractivity contribution is -0.0165. The SMILES string of the molecule is COC(=O)c1ccc(OC)c(C2(O)CNC2)c1. The highest BCUT2D eigenvalue weighted by Crippen LogP contribution is 2.33. The molecule has 0 unspecified atom stereocenters. The van der Waals surface area contributed by atoms with Crippen LogP contribution in [0.3, 0.4) is 0 Å². The van der Waals surface area contributed by atoms with Crippen molar-refractivity contribution in [3.63, 3.8) is 0 Å². The Hall–Kier alpha value is -1.59. The van der Waals surface area contributed by atoms with E-state index in [2.05, 4.69) is 10.1 Å². The lowest BCUT2D eigenvalue weighted by Crippen LogP contribution is -2.56. The van der Waals surface area contributed by atoms with Gasteiger partial charge in [0.05, 0.1) is 19.8 Å². The first-order chi connectivity index (χ1) is 8.10. The monoisotopic (exact) mass is 237 g/mol. The molecule has 5 heteroatoms. The van der Waals surface area contributed by atoms with E-state index in [1.807, 2.05) is 0 Å². The van der Waals surface area contributed by atoms with Crippen LogP contribution in [-0.4, -0.2) is 38.4 Å². The third-order valence-corrected chi connectivity index (χ3v) is 2.96. The second-order valence-electron chi connectivity index (χ2n) is 4.04. The van der Waals surface area contributed by atoms with Gasteiger partial charge in [0.15, 0.2) is 0 Å². The summed E-state index contributed by atoms with van der Waals surface area (Å²) < 4.78 is 9.85. The Labute approximate surface area is 99.3 Å². The molecule has 1 saturated heterocycles. The van der Waals surface area contributed by atoms with E-state index in [0.717, 1.165) is 0 Å². The van der Waals surface area contributed by atoms with E-state index in [1.54, 1.807) is 18.2 Å². The van der Waals surface area contributed by atoms with E-state index in [1.165, 1.54) is 14.2 Å². The summed E-state index contributed by atoms with van der Waals surface area (Å²) >= 11 is 0. The molecular weight excluding hydrogens is 222 g/mol. The highest BCUT2D eigenvalue weighted by molar-refractivity contribution is 5.89. The van der Waals surface area contributed by atoms with Crippen LogP contribution in [-0.2, 0) is 10.3 Å². The number of β-amino-alcohol motifs (C(OH)–C–C–N with tert-alkyl or cyclic N) is 1. The highest BCUT2D eigenvalue weighted by atomic mass is 16.5. The first-order valence-corrected chi connectivity index (χ1v) is 5.30. The summed E-state index contributed by atoms with van der Waals surface area (Å²) in [4.78, 5) is 11.4. The lowest BCUT2D eigenvalue weighted by Gasteiger charge is -2.38. The minimum absolute atomic E-state index is 0.406. The van der Waals surface area contributed by atoms with Crippen molar-refractivity contribution in [3.05, 3.63) is 29.3 Å². The van der Waals surface area contributed by atoms with Gasteiger partial charge in [0, 0.05) is 18.7 Å². The standard InChI is InChI=1S/C12H15NO4/c1-16-10-4-3-8(11(14)17-2)5-9(10)12(15)6-13-7-12/h3-5,13,15H,6-7H2,1-2H3. The van der Waals surface area contributed by atoms with Crippen LogP contribution < -0.4 is 10.1 Å². The third kappa shape index (κ3) is 1.99. The summed E-state index contributed by atoms with van der Waals surface area (Å²) in [6.45, 7) is 0.905. The number of benzene rings is 1. The molecule has 0 saturated carbocycles. The Bertz CT molecular complexity index is 440. The van der Waals surface area contributed by atoms with E-state index in [4.69, 9.17) is 4.74 Å². The maximum atomic E-state index is 11.4. The quantitative estimate of drug-likeness (QED) is 0.739. The number of carbonyl (C=O) groups is 1. The van der Waals surface area contributed by atoms with E-state index in [9.17, 15) is 9.90 Å². The van der Waals surface area contributed by atoms with Crippen molar-refractivity contribution < 1.29 is 19.4 Å². The van der Waals surface area contributed by atoms with Crippen LogP contribution in [0, 0.1) is 0 Å². The molecule has 0 radical (unpaired) electrons. The molecule has 0 aliphatic carbocycles. The predicted molar refractivity (Wildman–Crippen MR) is 61.1 cm³/mol. The Morgan fingerprint density at radius 1 is 1.41 bits per heavy atom. The molecule has 0 spiro atoms. The molecule has 1 heterocycles. The Balaban J connectivity index is 2.43. The van der Waals surface area contributed by atoms with Gasteiger partial charge in [-0.3, -0.25) is 0 Å². The van der Waals surface area contributed by atoms with Crippen molar-refractivity contribution >= 4 is 5.97 Å². The second-order valence-corrected chi connectivity index (χ2v) is 4.04. The molecule has 2 rings (SSSR count). The molecule has 1 fully saturated rings. The molecule has 0 aromatic heterocycles. The number of ether oxygens (including phenoxy) is 2. The van der Waals surface area contributed by atoms with E-state index >= 15 is 0 Å². The summed E-state index contributed by atoms with van der Waals surface area (Å²) in [7, 11) is 2.86. The molecular formula is C12H15NO4. The van der Waals surface area contributed by atoms with Gasteiger partial charge in [-0.2, -0.15) is 0 Å². The number of carbonyl (C=O) groups excluding carboxylic acids is 1. The normalized spacial score (nSPS) is 17.1. The van der Waals surface area contributed by atoms with Gasteiger partial charge >= 0.3 is 5.97 Å². The van der Waals surface area contributed by atoms with Gasteiger partial charge in [0.2, 0.25) is 0 Å². The fourth-order valence-electron chi connectivity index (χ4n) is 1.87. The van der Waals surface area contributed by atoms with Gasteiger partial charge < -0.3 is 19.9 Å². The third-order valence-electron chi connectivity index (χ3n) is 2.96. The van der Waals surface area contributed by atoms with Gasteiger partial charge in [-0.15, -0.1) is 0 Å². The fraction of sp³-hybridized carbons (Fsp3) is 0.417. The van der Waals surface area contributed by atoms with Crippen LogP contribution in [0.1, 0.15) is 15.9 Å². The van der Waals surface area contributed by atoms with Crippen LogP contribution in [0.4, 0.5) is 0 Å². The first kappa shape index (κ1) is 11.9. The van der Waals surface area contributed by atoms with E-state index in [0.29, 0.717) is 30.0 Å². The summed E-state index contributed by atoms with van der Waals surface area (Å²) in [6.07, 6.45) is 0. The van der Waals surface area contributed by atoms with Gasteiger partial charge in [-0.25, -0.2) is 4.79 Å². The molecule has 2 N–H and O–H groups in total. The van der Waals surface area contributed by atoms with E-state index in [-0.39, 0.29) is 0 Å². The van der Waals surface area contributed by atoms with Crippen LogP contribution >= 0.6 is 0 Å². The smallest absolute Gasteiger partial charge is 0.337 e. The van der Waals surface area contributed by atoms with Gasteiger partial charge in [-0.1, -0.05) is 0 Å². The molecule has 0 bridgehead atoms. The molecule has 1 aliphatic heterocycles. The Kier molecular flexibility index (Phi) is 3.04. The average molecular weight is 237 g/mol. The predicted octanol–water partition coefficient (Wildman–Crippen LogP) is 0.273. The van der Waals surface area contributed by atoms with Crippen molar-refractivity contribution in [3.8, 4) is 5.75 Å². The fourth-order valence-corrected chi connectivity index (χ4v) is 1.87. The summed E-state index contributed by atoms with van der Waals surface area (Å²) in [5.41, 5.74) is 0.0559. The number of hydrogen-bond donors (Lipinski definition) is 2. The highest BCUT2D eigenvalue weighted by Gasteiger charge is 2.39. The van der Waals surface area contributed by atoms with Gasteiger partial charge in [0.1, 0.15) is 11.4 Å². The number of hydrogen-bond acceptors (Lipinski definition) is 5. The molecule has 1 aromatic carbocycles. The zero-order chi connectivity index (χ0) is 12.5. The van der Waals surface area contributed by atoms with Crippen LogP contribution in [0.25, 0.3) is 0 Å². The molecule has 5 nitrogen and oxygen atoms in total. The zero-order valence-corrected chi connectivity index (χ0v) is 9.82. The second kappa shape index (κ2) is 4.35. The molecule has 0 atom stereocenters. The Morgan fingerprint density at radius 3 is 2.59 bits per heavy atom.